The van der Waals surface area contributed by atoms with Crippen LogP contribution in [0.25, 0.3) is 5.69 Å². The first-order valence-electron chi connectivity index (χ1n) is 6.83. The Morgan fingerprint density at radius 1 is 1.38 bits per heavy atom. The van der Waals surface area contributed by atoms with E-state index >= 15 is 0 Å². The molecule has 2 aromatic rings. The minimum absolute atomic E-state index is 0.0165. The lowest BCUT2D eigenvalue weighted by molar-refractivity contribution is -0.120. The first-order valence-corrected chi connectivity index (χ1v) is 7.71. The molecule has 0 radical (unpaired) electrons. The van der Waals surface area contributed by atoms with Crippen LogP contribution in [0.1, 0.15) is 25.0 Å². The van der Waals surface area contributed by atoms with Gasteiger partial charge in [-0.1, -0.05) is 17.8 Å². The molecule has 112 valence electrons. The Bertz CT molecular complexity index is 640. The maximum atomic E-state index is 11.8. The highest BCUT2D eigenvalue weighted by Crippen LogP contribution is 2.23. The summed E-state index contributed by atoms with van der Waals surface area (Å²) in [7, 11) is 0. The van der Waals surface area contributed by atoms with Crippen LogP contribution in [0.2, 0.25) is 0 Å². The Balaban J connectivity index is 2.22. The topological polar surface area (TPSA) is 72.7 Å². The average molecular weight is 305 g/mol. The summed E-state index contributed by atoms with van der Waals surface area (Å²) in [4.78, 5) is 11.8. The van der Waals surface area contributed by atoms with Gasteiger partial charge in [0, 0.05) is 6.54 Å². The van der Waals surface area contributed by atoms with Crippen molar-refractivity contribution in [3.63, 3.8) is 0 Å². The molecule has 0 aliphatic carbocycles. The molecule has 0 aliphatic rings. The van der Waals surface area contributed by atoms with Crippen molar-refractivity contribution in [1.82, 2.24) is 25.5 Å². The van der Waals surface area contributed by atoms with Crippen LogP contribution in [-0.2, 0) is 4.79 Å². The van der Waals surface area contributed by atoms with Crippen LogP contribution < -0.4 is 5.32 Å². The van der Waals surface area contributed by atoms with Gasteiger partial charge in [-0.15, -0.1) is 5.10 Å². The minimum atomic E-state index is -0.249. The molecule has 0 saturated carbocycles. The number of amides is 1. The van der Waals surface area contributed by atoms with Gasteiger partial charge in [0.25, 0.3) is 0 Å². The number of aromatic nitrogens is 4. The molecule has 1 heterocycles. The number of hydrogen-bond acceptors (Lipinski definition) is 5. The lowest BCUT2D eigenvalue weighted by Gasteiger charge is -2.11. The molecule has 1 aromatic heterocycles. The Morgan fingerprint density at radius 3 is 2.81 bits per heavy atom. The van der Waals surface area contributed by atoms with Crippen molar-refractivity contribution in [3.8, 4) is 5.69 Å². The normalized spacial score (nSPS) is 12.2. The van der Waals surface area contributed by atoms with Crippen molar-refractivity contribution in [2.24, 2.45) is 0 Å². The molecule has 1 amide bonds. The van der Waals surface area contributed by atoms with Gasteiger partial charge in [0.15, 0.2) is 0 Å². The second-order valence-electron chi connectivity index (χ2n) is 4.80. The molecule has 2 rings (SSSR count). The molecule has 6 nitrogen and oxygen atoms in total. The average Bonchev–Trinajstić information content (AvgIpc) is 2.90. The summed E-state index contributed by atoms with van der Waals surface area (Å²) in [6.45, 7) is 8.47. The van der Waals surface area contributed by atoms with Gasteiger partial charge in [0.05, 0.1) is 10.9 Å². The van der Waals surface area contributed by atoms with Crippen LogP contribution in [0.15, 0.2) is 23.4 Å². The van der Waals surface area contributed by atoms with Crippen LogP contribution in [0, 0.1) is 13.8 Å². The summed E-state index contributed by atoms with van der Waals surface area (Å²) in [6.07, 6.45) is 0. The number of aryl methyl sites for hydroxylation is 2. The zero-order valence-corrected chi connectivity index (χ0v) is 13.4. The van der Waals surface area contributed by atoms with Gasteiger partial charge in [0.2, 0.25) is 11.1 Å². The second kappa shape index (κ2) is 6.71. The number of thioether (sulfide) groups is 1. The van der Waals surface area contributed by atoms with E-state index in [-0.39, 0.29) is 11.2 Å². The number of nitrogens with zero attached hydrogens (tertiary/aromatic N) is 4. The van der Waals surface area contributed by atoms with Gasteiger partial charge >= 0.3 is 0 Å². The van der Waals surface area contributed by atoms with E-state index in [1.165, 1.54) is 22.9 Å². The maximum Gasteiger partial charge on any atom is 0.233 e. The molecular formula is C14H19N5OS. The van der Waals surface area contributed by atoms with E-state index in [1.54, 1.807) is 4.68 Å². The van der Waals surface area contributed by atoms with E-state index in [0.717, 1.165) is 5.69 Å². The molecule has 1 N–H and O–H groups in total. The summed E-state index contributed by atoms with van der Waals surface area (Å²) < 4.78 is 1.66. The fraction of sp³-hybridized carbons (Fsp3) is 0.429. The standard InChI is InChI=1S/C14H19N5OS/c1-5-15-13(20)11(4)21-14-16-17-18-19(14)12-7-6-9(2)10(3)8-12/h6-8,11H,5H2,1-4H3,(H,15,20)/t11-/m1/s1. The van der Waals surface area contributed by atoms with Crippen molar-refractivity contribution in [3.05, 3.63) is 29.3 Å². The number of carbonyl (C=O) groups is 1. The van der Waals surface area contributed by atoms with Crippen molar-refractivity contribution < 1.29 is 4.79 Å². The predicted molar refractivity (Wildman–Crippen MR) is 82.6 cm³/mol. The highest BCUT2D eigenvalue weighted by molar-refractivity contribution is 8.00. The lowest BCUT2D eigenvalue weighted by atomic mass is 10.1. The van der Waals surface area contributed by atoms with Crippen LogP contribution in [0.5, 0.6) is 0 Å². The lowest BCUT2D eigenvalue weighted by Crippen LogP contribution is -2.30. The third-order valence-electron chi connectivity index (χ3n) is 3.18. The van der Waals surface area contributed by atoms with Gasteiger partial charge in [-0.3, -0.25) is 4.79 Å². The molecule has 21 heavy (non-hydrogen) atoms. The molecule has 0 aliphatic heterocycles. The summed E-state index contributed by atoms with van der Waals surface area (Å²) >= 11 is 1.34. The van der Waals surface area contributed by atoms with Gasteiger partial charge in [-0.25, -0.2) is 0 Å². The Labute approximate surface area is 128 Å². The quantitative estimate of drug-likeness (QED) is 0.854. The molecular weight excluding hydrogens is 286 g/mol. The summed E-state index contributed by atoms with van der Waals surface area (Å²) in [5.74, 6) is -0.0165. The van der Waals surface area contributed by atoms with E-state index in [2.05, 4.69) is 27.8 Å². The van der Waals surface area contributed by atoms with E-state index < -0.39 is 0 Å². The number of hydrogen-bond donors (Lipinski definition) is 1. The van der Waals surface area contributed by atoms with Crippen LogP contribution in [-0.4, -0.2) is 37.9 Å². The van der Waals surface area contributed by atoms with Crippen LogP contribution in [0.4, 0.5) is 0 Å². The van der Waals surface area contributed by atoms with Crippen molar-refractivity contribution in [2.45, 2.75) is 38.1 Å². The van der Waals surface area contributed by atoms with E-state index in [0.29, 0.717) is 11.7 Å². The number of carbonyl (C=O) groups excluding carboxylic acids is 1. The zero-order chi connectivity index (χ0) is 15.4. The molecule has 0 bridgehead atoms. The van der Waals surface area contributed by atoms with Gasteiger partial charge in [-0.2, -0.15) is 4.68 Å². The fourth-order valence-electron chi connectivity index (χ4n) is 1.80. The number of benzene rings is 1. The first kappa shape index (κ1) is 15.5. The predicted octanol–water partition coefficient (Wildman–Crippen LogP) is 1.90. The summed E-state index contributed by atoms with van der Waals surface area (Å²) in [6, 6.07) is 6.04. The van der Waals surface area contributed by atoms with Crippen molar-refractivity contribution in [2.75, 3.05) is 6.54 Å². The molecule has 0 unspecified atom stereocenters. The zero-order valence-electron chi connectivity index (χ0n) is 12.6. The van der Waals surface area contributed by atoms with E-state index in [1.807, 2.05) is 39.0 Å². The van der Waals surface area contributed by atoms with E-state index in [9.17, 15) is 4.79 Å². The molecule has 7 heteroatoms. The first-order chi connectivity index (χ1) is 10.0. The summed E-state index contributed by atoms with van der Waals surface area (Å²) in [5.41, 5.74) is 3.29. The van der Waals surface area contributed by atoms with Crippen LogP contribution in [0.3, 0.4) is 0 Å². The highest BCUT2D eigenvalue weighted by Gasteiger charge is 2.18. The monoisotopic (exact) mass is 305 g/mol. The molecule has 0 spiro atoms. The largest absolute Gasteiger partial charge is 0.355 e. The molecule has 1 aromatic carbocycles. The summed E-state index contributed by atoms with van der Waals surface area (Å²) in [5, 5.41) is 14.9. The Hall–Kier alpha value is -1.89. The highest BCUT2D eigenvalue weighted by atomic mass is 32.2. The third kappa shape index (κ3) is 3.60. The van der Waals surface area contributed by atoms with Crippen molar-refractivity contribution >= 4 is 17.7 Å². The Kier molecular flexibility index (Phi) is 4.95. The van der Waals surface area contributed by atoms with Crippen molar-refractivity contribution in [1.29, 1.82) is 0 Å². The molecule has 0 fully saturated rings. The molecule has 1 atom stereocenters. The SMILES string of the molecule is CCNC(=O)[C@@H](C)Sc1nnnn1-c1ccc(C)c(C)c1. The molecule has 0 saturated heterocycles. The smallest absolute Gasteiger partial charge is 0.233 e. The third-order valence-corrected chi connectivity index (χ3v) is 4.21. The number of tetrazole rings is 1. The number of nitrogens with one attached hydrogen (secondary N) is 1. The van der Waals surface area contributed by atoms with Gasteiger partial charge in [0.1, 0.15) is 0 Å². The number of rotatable bonds is 5. The maximum absolute atomic E-state index is 11.8. The minimum Gasteiger partial charge on any atom is -0.355 e. The van der Waals surface area contributed by atoms with Crippen LogP contribution >= 0.6 is 11.8 Å². The fourth-order valence-corrected chi connectivity index (χ4v) is 2.63. The second-order valence-corrected chi connectivity index (χ2v) is 6.10. The van der Waals surface area contributed by atoms with E-state index in [4.69, 9.17) is 0 Å². The Morgan fingerprint density at radius 2 is 2.14 bits per heavy atom. The van der Waals surface area contributed by atoms with Gasteiger partial charge in [-0.05, 0) is 61.4 Å². The van der Waals surface area contributed by atoms with Gasteiger partial charge < -0.3 is 5.32 Å².